The fourth-order valence-electron chi connectivity index (χ4n) is 3.00. The van der Waals surface area contributed by atoms with Gasteiger partial charge in [-0.05, 0) is 53.5 Å². The van der Waals surface area contributed by atoms with Crippen LogP contribution in [0.25, 0.3) is 0 Å². The maximum absolute atomic E-state index is 2.51. The number of benzene rings is 1. The van der Waals surface area contributed by atoms with Gasteiger partial charge in [0.2, 0.25) is 0 Å². The van der Waals surface area contributed by atoms with Gasteiger partial charge in [0.05, 0.1) is 0 Å². The van der Waals surface area contributed by atoms with E-state index in [0.717, 1.165) is 0 Å². The van der Waals surface area contributed by atoms with Crippen LogP contribution in [0.3, 0.4) is 0 Å². The topological polar surface area (TPSA) is 0 Å². The van der Waals surface area contributed by atoms with Crippen LogP contribution < -0.4 is 0 Å². The Bertz CT molecular complexity index is 343. The molecule has 2 aliphatic heterocycles. The van der Waals surface area contributed by atoms with Crippen molar-refractivity contribution < 1.29 is 0 Å². The van der Waals surface area contributed by atoms with E-state index in [1.165, 1.54) is 60.2 Å². The first-order chi connectivity index (χ1) is 8.90. The molecule has 1 aromatic rings. The molecule has 0 radical (unpaired) electrons. The van der Waals surface area contributed by atoms with Gasteiger partial charge in [0.25, 0.3) is 0 Å². The van der Waals surface area contributed by atoms with E-state index in [4.69, 9.17) is 0 Å². The van der Waals surface area contributed by atoms with E-state index in [1.54, 1.807) is 11.1 Å². The second kappa shape index (κ2) is 6.38. The number of rotatable bonds is 4. The Labute approximate surface area is 117 Å². The normalized spacial score (nSPS) is 21.8. The second-order valence-corrected chi connectivity index (χ2v) is 10.2. The Kier molecular flexibility index (Phi) is 4.58. The summed E-state index contributed by atoms with van der Waals surface area (Å²) in [4.78, 5) is 0. The van der Waals surface area contributed by atoms with E-state index in [9.17, 15) is 0 Å². The molecule has 3 rings (SSSR count). The second-order valence-electron chi connectivity index (χ2n) is 5.56. The quantitative estimate of drug-likeness (QED) is 0.740. The van der Waals surface area contributed by atoms with Gasteiger partial charge in [-0.15, -0.1) is 0 Å². The van der Waals surface area contributed by atoms with Gasteiger partial charge in [0, 0.05) is 11.1 Å². The molecule has 2 fully saturated rings. The van der Waals surface area contributed by atoms with Crippen LogP contribution in [0.5, 0.6) is 0 Å². The zero-order valence-electron chi connectivity index (χ0n) is 11.2. The van der Waals surface area contributed by atoms with Gasteiger partial charge < -0.3 is 0 Å². The third kappa shape index (κ3) is 3.48. The maximum atomic E-state index is 2.51. The lowest BCUT2D eigenvalue weighted by Crippen LogP contribution is -2.09. The molecule has 0 nitrogen and oxygen atoms in total. The van der Waals surface area contributed by atoms with E-state index in [1.807, 2.05) is 0 Å². The van der Waals surface area contributed by atoms with Crippen LogP contribution >= 0.6 is 0 Å². The summed E-state index contributed by atoms with van der Waals surface area (Å²) < 4.78 is 0. The van der Waals surface area contributed by atoms with Gasteiger partial charge in [-0.1, -0.05) is 18.2 Å². The summed E-state index contributed by atoms with van der Waals surface area (Å²) in [6.07, 6.45) is 5.91. The van der Waals surface area contributed by atoms with Gasteiger partial charge in [-0.25, -0.2) is 0 Å². The van der Waals surface area contributed by atoms with E-state index in [-0.39, 0.29) is 0 Å². The van der Waals surface area contributed by atoms with Crippen molar-refractivity contribution in [3.63, 3.8) is 0 Å². The third-order valence-corrected chi connectivity index (χ3v) is 8.91. The number of hydrogen-bond acceptors (Lipinski definition) is 0. The molecule has 98 valence electrons. The average molecular weight is 281 g/mol. The maximum Gasteiger partial charge on any atom is 0.133 e. The molecule has 2 aliphatic rings. The minimum Gasteiger partial charge on any atom is -0.0614 e. The van der Waals surface area contributed by atoms with Crippen LogP contribution in [-0.4, -0.2) is 23.0 Å². The highest BCUT2D eigenvalue weighted by Crippen LogP contribution is 2.22. The van der Waals surface area contributed by atoms with Crippen molar-refractivity contribution in [3.05, 3.63) is 35.4 Å². The van der Waals surface area contributed by atoms with Crippen LogP contribution in [-0.2, 0) is 33.3 Å². The van der Waals surface area contributed by atoms with Crippen LogP contribution in [0, 0.1) is 0 Å². The molecule has 0 spiro atoms. The standard InChI is InChI=1S/C16H24S2/c1-2-9-17(8-1)13-15-6-5-7-16(12-15)14-18-10-3-4-11-18/h5-7,12H,1-4,8-11,13-14H2/q+2. The Morgan fingerprint density at radius 2 is 1.17 bits per heavy atom. The first-order valence-corrected chi connectivity index (χ1v) is 10.7. The van der Waals surface area contributed by atoms with E-state index < -0.39 is 0 Å². The van der Waals surface area contributed by atoms with E-state index in [0.29, 0.717) is 21.8 Å². The molecule has 2 saturated heterocycles. The average Bonchev–Trinajstić information content (AvgIpc) is 3.03. The molecule has 18 heavy (non-hydrogen) atoms. The minimum atomic E-state index is 0.712. The van der Waals surface area contributed by atoms with Gasteiger partial charge >= 0.3 is 0 Å². The zero-order valence-corrected chi connectivity index (χ0v) is 12.8. The monoisotopic (exact) mass is 280 g/mol. The summed E-state index contributed by atoms with van der Waals surface area (Å²) in [7, 11) is 1.42. The van der Waals surface area contributed by atoms with Crippen molar-refractivity contribution in [3.8, 4) is 0 Å². The predicted octanol–water partition coefficient (Wildman–Crippen LogP) is 3.51. The smallest absolute Gasteiger partial charge is 0.0614 e. The van der Waals surface area contributed by atoms with Crippen molar-refractivity contribution in [2.24, 2.45) is 0 Å². The number of hydrogen-bond donors (Lipinski definition) is 0. The fraction of sp³-hybridized carbons (Fsp3) is 0.625. The van der Waals surface area contributed by atoms with Crippen molar-refractivity contribution in [1.82, 2.24) is 0 Å². The molecule has 0 N–H and O–H groups in total. The lowest BCUT2D eigenvalue weighted by molar-refractivity contribution is 0.949. The van der Waals surface area contributed by atoms with Gasteiger partial charge in [0.15, 0.2) is 0 Å². The highest BCUT2D eigenvalue weighted by atomic mass is 32.2. The Morgan fingerprint density at radius 3 is 1.61 bits per heavy atom. The van der Waals surface area contributed by atoms with Crippen LogP contribution in [0.2, 0.25) is 0 Å². The van der Waals surface area contributed by atoms with Gasteiger partial charge in [-0.2, -0.15) is 0 Å². The largest absolute Gasteiger partial charge is 0.133 e. The molecule has 0 saturated carbocycles. The lowest BCUT2D eigenvalue weighted by Gasteiger charge is -2.05. The molecule has 1 aromatic carbocycles. The van der Waals surface area contributed by atoms with Crippen molar-refractivity contribution in [2.45, 2.75) is 37.2 Å². The molecular formula is C16H24S2+2. The van der Waals surface area contributed by atoms with Gasteiger partial charge in [-0.3, -0.25) is 0 Å². The highest BCUT2D eigenvalue weighted by Gasteiger charge is 2.26. The zero-order chi connectivity index (χ0) is 12.2. The summed E-state index contributed by atoms with van der Waals surface area (Å²) in [6.45, 7) is 0. The Morgan fingerprint density at radius 1 is 0.722 bits per heavy atom. The van der Waals surface area contributed by atoms with Crippen LogP contribution in [0.4, 0.5) is 0 Å². The summed E-state index contributed by atoms with van der Waals surface area (Å²) >= 11 is 0. The predicted molar refractivity (Wildman–Crippen MR) is 86.5 cm³/mol. The molecule has 2 heteroatoms. The fourth-order valence-corrected chi connectivity index (χ4v) is 7.74. The van der Waals surface area contributed by atoms with Gasteiger partial charge in [0.1, 0.15) is 34.5 Å². The first-order valence-electron chi connectivity index (χ1n) is 7.26. The summed E-state index contributed by atoms with van der Waals surface area (Å²) in [5, 5.41) is 0. The molecule has 0 unspecified atom stereocenters. The highest BCUT2D eigenvalue weighted by molar-refractivity contribution is 7.96. The van der Waals surface area contributed by atoms with E-state index in [2.05, 4.69) is 24.3 Å². The first kappa shape index (κ1) is 12.9. The molecule has 0 aromatic heterocycles. The summed E-state index contributed by atoms with van der Waals surface area (Å²) in [5.74, 6) is 8.70. The van der Waals surface area contributed by atoms with Crippen LogP contribution in [0.1, 0.15) is 36.8 Å². The molecule has 0 aliphatic carbocycles. The molecule has 2 heterocycles. The van der Waals surface area contributed by atoms with Crippen molar-refractivity contribution >= 4 is 21.8 Å². The van der Waals surface area contributed by atoms with Crippen molar-refractivity contribution in [2.75, 3.05) is 23.0 Å². The summed E-state index contributed by atoms with van der Waals surface area (Å²) in [6, 6.07) is 9.51. The lowest BCUT2D eigenvalue weighted by atomic mass is 10.2. The summed E-state index contributed by atoms with van der Waals surface area (Å²) in [5.41, 5.74) is 3.22. The Hall–Kier alpha value is -0.0800. The molecule has 0 atom stereocenters. The van der Waals surface area contributed by atoms with Crippen LogP contribution in [0.15, 0.2) is 24.3 Å². The SMILES string of the molecule is c1cc(C[S+]2CCCC2)cc(C[S+]2CCCC2)c1. The molecule has 0 amide bonds. The van der Waals surface area contributed by atoms with Crippen molar-refractivity contribution in [1.29, 1.82) is 0 Å². The molecular weight excluding hydrogens is 256 g/mol. The Balaban J connectivity index is 1.60. The molecule has 0 bridgehead atoms. The van der Waals surface area contributed by atoms with E-state index >= 15 is 0 Å². The third-order valence-electron chi connectivity index (χ3n) is 3.97. The minimum absolute atomic E-state index is 0.712.